The van der Waals surface area contributed by atoms with Crippen molar-refractivity contribution in [2.45, 2.75) is 19.8 Å². The average Bonchev–Trinajstić information content (AvgIpc) is 2.80. The van der Waals surface area contributed by atoms with E-state index in [9.17, 15) is 18.9 Å². The van der Waals surface area contributed by atoms with Crippen molar-refractivity contribution in [3.8, 4) is 5.69 Å². The molecule has 0 aliphatic heterocycles. The molecule has 19 heavy (non-hydrogen) atoms. The number of aromatic nitrogens is 2. The smallest absolute Gasteiger partial charge is 0.295 e. The highest BCUT2D eigenvalue weighted by Crippen LogP contribution is 2.28. The monoisotopic (exact) mass is 267 g/mol. The van der Waals surface area contributed by atoms with E-state index in [0.29, 0.717) is 12.2 Å². The fourth-order valence-electron chi connectivity index (χ4n) is 1.85. The molecule has 1 heterocycles. The van der Waals surface area contributed by atoms with Crippen LogP contribution in [0.1, 0.15) is 19.2 Å². The van der Waals surface area contributed by atoms with Gasteiger partial charge in [0.05, 0.1) is 4.92 Å². The number of nitrogens with zero attached hydrogens (tertiary/aromatic N) is 3. The van der Waals surface area contributed by atoms with Gasteiger partial charge in [-0.3, -0.25) is 14.7 Å². The van der Waals surface area contributed by atoms with Crippen LogP contribution >= 0.6 is 0 Å². The molecule has 0 fully saturated rings. The van der Waals surface area contributed by atoms with Crippen LogP contribution < -0.4 is 0 Å². The molecular formula is C12H11F2N3O2. The summed E-state index contributed by atoms with van der Waals surface area (Å²) in [5.74, 6) is -1.92. The number of rotatable bonds is 4. The van der Waals surface area contributed by atoms with E-state index in [1.54, 1.807) is 0 Å². The molecule has 100 valence electrons. The molecule has 0 spiro atoms. The number of nitro benzene ring substituents is 1. The molecule has 5 nitrogen and oxygen atoms in total. The van der Waals surface area contributed by atoms with E-state index in [-0.39, 0.29) is 0 Å². The Kier molecular flexibility index (Phi) is 3.55. The number of imidazole rings is 1. The predicted molar refractivity (Wildman–Crippen MR) is 64.1 cm³/mol. The Morgan fingerprint density at radius 2 is 2.16 bits per heavy atom. The zero-order valence-corrected chi connectivity index (χ0v) is 10.1. The lowest BCUT2D eigenvalue weighted by atomic mass is 10.2. The fourth-order valence-corrected chi connectivity index (χ4v) is 1.85. The molecule has 1 aromatic carbocycles. The molecule has 0 N–H and O–H groups in total. The first kappa shape index (κ1) is 13.1. The lowest BCUT2D eigenvalue weighted by molar-refractivity contribution is -0.384. The molecule has 0 unspecified atom stereocenters. The molecule has 0 atom stereocenters. The number of benzene rings is 1. The van der Waals surface area contributed by atoms with Gasteiger partial charge in [0, 0.05) is 24.9 Å². The van der Waals surface area contributed by atoms with Crippen molar-refractivity contribution in [1.29, 1.82) is 0 Å². The van der Waals surface area contributed by atoms with Gasteiger partial charge >= 0.3 is 0 Å². The number of aryl methyl sites for hydroxylation is 1. The first-order valence-electron chi connectivity index (χ1n) is 5.71. The second kappa shape index (κ2) is 5.13. The maximum absolute atomic E-state index is 13.9. The van der Waals surface area contributed by atoms with Gasteiger partial charge in [-0.15, -0.1) is 0 Å². The summed E-state index contributed by atoms with van der Waals surface area (Å²) in [4.78, 5) is 14.2. The third kappa shape index (κ3) is 2.31. The zero-order chi connectivity index (χ0) is 14.0. The Bertz CT molecular complexity index is 625. The largest absolute Gasteiger partial charge is 0.296 e. The van der Waals surface area contributed by atoms with E-state index < -0.39 is 27.9 Å². The zero-order valence-electron chi connectivity index (χ0n) is 10.1. The lowest BCUT2D eigenvalue weighted by Crippen LogP contribution is -2.07. The summed E-state index contributed by atoms with van der Waals surface area (Å²) in [6, 6.07) is 1.69. The summed E-state index contributed by atoms with van der Waals surface area (Å²) in [5, 5.41) is 10.9. The van der Waals surface area contributed by atoms with E-state index >= 15 is 0 Å². The first-order chi connectivity index (χ1) is 9.06. The second-order valence-electron chi connectivity index (χ2n) is 3.95. The summed E-state index contributed by atoms with van der Waals surface area (Å²) in [7, 11) is 0. The molecule has 0 saturated carbocycles. The van der Waals surface area contributed by atoms with E-state index in [1.807, 2.05) is 6.92 Å². The van der Waals surface area contributed by atoms with Crippen molar-refractivity contribution in [2.24, 2.45) is 0 Å². The van der Waals surface area contributed by atoms with Gasteiger partial charge in [-0.2, -0.15) is 0 Å². The average molecular weight is 267 g/mol. The molecule has 0 aliphatic rings. The molecule has 0 aliphatic carbocycles. The van der Waals surface area contributed by atoms with E-state index in [1.165, 1.54) is 17.0 Å². The second-order valence-corrected chi connectivity index (χ2v) is 3.95. The Morgan fingerprint density at radius 3 is 2.79 bits per heavy atom. The topological polar surface area (TPSA) is 61.0 Å². The summed E-state index contributed by atoms with van der Waals surface area (Å²) < 4.78 is 28.4. The van der Waals surface area contributed by atoms with Crippen LogP contribution in [0.15, 0.2) is 24.5 Å². The van der Waals surface area contributed by atoms with Crippen LogP contribution in [-0.4, -0.2) is 14.5 Å². The van der Waals surface area contributed by atoms with Crippen molar-refractivity contribution in [3.05, 3.63) is 52.1 Å². The minimum atomic E-state index is -1.25. The van der Waals surface area contributed by atoms with Crippen LogP contribution in [0.5, 0.6) is 0 Å². The highest BCUT2D eigenvalue weighted by atomic mass is 19.2. The van der Waals surface area contributed by atoms with Gasteiger partial charge in [0.2, 0.25) is 0 Å². The van der Waals surface area contributed by atoms with Crippen molar-refractivity contribution in [3.63, 3.8) is 0 Å². The number of halogens is 2. The molecule has 7 heteroatoms. The SMILES string of the molecule is CCCc1nccn1-c1c([N+](=O)[O-])ccc(F)c1F. The minimum Gasteiger partial charge on any atom is -0.295 e. The molecule has 0 saturated heterocycles. The third-order valence-electron chi connectivity index (χ3n) is 2.68. The van der Waals surface area contributed by atoms with Gasteiger partial charge in [-0.05, 0) is 12.5 Å². The van der Waals surface area contributed by atoms with Crippen molar-refractivity contribution >= 4 is 5.69 Å². The summed E-state index contributed by atoms with van der Waals surface area (Å²) >= 11 is 0. The number of nitro groups is 1. The molecule has 0 amide bonds. The van der Waals surface area contributed by atoms with E-state index in [2.05, 4.69) is 4.98 Å². The van der Waals surface area contributed by atoms with Crippen LogP contribution in [0.3, 0.4) is 0 Å². The van der Waals surface area contributed by atoms with Crippen molar-refractivity contribution in [2.75, 3.05) is 0 Å². The van der Waals surface area contributed by atoms with Crippen LogP contribution in [0.25, 0.3) is 5.69 Å². The maximum atomic E-state index is 13.9. The van der Waals surface area contributed by atoms with Gasteiger partial charge in [0.1, 0.15) is 5.82 Å². The van der Waals surface area contributed by atoms with Crippen LogP contribution in [-0.2, 0) is 6.42 Å². The first-order valence-corrected chi connectivity index (χ1v) is 5.71. The van der Waals surface area contributed by atoms with E-state index in [0.717, 1.165) is 18.6 Å². The highest BCUT2D eigenvalue weighted by molar-refractivity contribution is 5.54. The number of hydrogen-bond donors (Lipinski definition) is 0. The van der Waals surface area contributed by atoms with E-state index in [4.69, 9.17) is 0 Å². The van der Waals surface area contributed by atoms with Crippen LogP contribution in [0, 0.1) is 21.7 Å². The van der Waals surface area contributed by atoms with Crippen molar-refractivity contribution in [1.82, 2.24) is 9.55 Å². The van der Waals surface area contributed by atoms with Crippen LogP contribution in [0.2, 0.25) is 0 Å². The summed E-state index contributed by atoms with van der Waals surface area (Å²) in [6.45, 7) is 1.90. The third-order valence-corrected chi connectivity index (χ3v) is 2.68. The Hall–Kier alpha value is -2.31. The number of hydrogen-bond acceptors (Lipinski definition) is 3. The quantitative estimate of drug-likeness (QED) is 0.632. The maximum Gasteiger partial charge on any atom is 0.296 e. The molecule has 0 bridgehead atoms. The van der Waals surface area contributed by atoms with Gasteiger partial charge in [0.15, 0.2) is 17.3 Å². The van der Waals surface area contributed by atoms with Crippen molar-refractivity contribution < 1.29 is 13.7 Å². The highest BCUT2D eigenvalue weighted by Gasteiger charge is 2.24. The predicted octanol–water partition coefficient (Wildman–Crippen LogP) is 3.01. The normalized spacial score (nSPS) is 10.7. The molecule has 2 rings (SSSR count). The molecule has 2 aromatic rings. The Balaban J connectivity index is 2.69. The van der Waals surface area contributed by atoms with Gasteiger partial charge in [-0.1, -0.05) is 6.92 Å². The lowest BCUT2D eigenvalue weighted by Gasteiger charge is -2.09. The van der Waals surface area contributed by atoms with Crippen LogP contribution in [0.4, 0.5) is 14.5 Å². The Morgan fingerprint density at radius 1 is 1.42 bits per heavy atom. The molecule has 0 radical (unpaired) electrons. The summed E-state index contributed by atoms with van der Waals surface area (Å²) in [5.41, 5.74) is -0.903. The minimum absolute atomic E-state index is 0.411. The van der Waals surface area contributed by atoms with Gasteiger partial charge in [-0.25, -0.2) is 13.8 Å². The van der Waals surface area contributed by atoms with Gasteiger partial charge < -0.3 is 0 Å². The Labute approximate surface area is 107 Å². The molecular weight excluding hydrogens is 256 g/mol. The fraction of sp³-hybridized carbons (Fsp3) is 0.250. The molecule has 1 aromatic heterocycles. The summed E-state index contributed by atoms with van der Waals surface area (Å²) in [6.07, 6.45) is 4.04. The standard InChI is InChI=1S/C12H11F2N3O2/c1-2-3-10-15-6-7-16(10)12-9(17(18)19)5-4-8(13)11(12)14/h4-7H,2-3H2,1H3. The van der Waals surface area contributed by atoms with Gasteiger partial charge in [0.25, 0.3) is 5.69 Å².